The molecule has 4 aromatic rings. The molecule has 18 nitrogen and oxygen atoms in total. The van der Waals surface area contributed by atoms with Gasteiger partial charge in [-0.15, -0.1) is 0 Å². The van der Waals surface area contributed by atoms with Crippen LogP contribution < -0.4 is 39.1 Å². The third kappa shape index (κ3) is 15.4. The van der Waals surface area contributed by atoms with Gasteiger partial charge in [0.15, 0.2) is 0 Å². The van der Waals surface area contributed by atoms with Gasteiger partial charge in [-0.1, -0.05) is 39.8 Å². The van der Waals surface area contributed by atoms with Crippen molar-refractivity contribution in [2.75, 3.05) is 93.0 Å². The van der Waals surface area contributed by atoms with Gasteiger partial charge in [0, 0.05) is 131 Å². The van der Waals surface area contributed by atoms with Crippen molar-refractivity contribution in [3.8, 4) is 44.9 Å². The zero-order valence-corrected chi connectivity index (χ0v) is 53.9. The fourth-order valence-corrected chi connectivity index (χ4v) is 15.4. The molecule has 4 aliphatic rings. The van der Waals surface area contributed by atoms with Gasteiger partial charge in [0.2, 0.25) is 30.8 Å². The molecule has 0 atom stereocenters. The minimum Gasteiger partial charge on any atom is -0.744 e. The molecule has 84 heavy (non-hydrogen) atoms. The van der Waals surface area contributed by atoms with Gasteiger partial charge < -0.3 is 27.7 Å². The molecule has 0 saturated carbocycles. The molecule has 0 saturated heterocycles. The lowest BCUT2D eigenvalue weighted by Crippen LogP contribution is -2.29. The molecule has 0 bridgehead atoms. The second kappa shape index (κ2) is 28.1. The Kier molecular flexibility index (Phi) is 22.0. The fourth-order valence-electron chi connectivity index (χ4n) is 10.3. The second-order valence-corrected chi connectivity index (χ2v) is 28.6. The predicted molar refractivity (Wildman–Crippen MR) is 340 cm³/mol. The minimum absolute atomic E-state index is 0.0277. The summed E-state index contributed by atoms with van der Waals surface area (Å²) in [6, 6.07) is 31.8. The standard InChI is InChI=1S/C32H42N4O8S5.C28H32N2O4S/c1-6-35(7-2)23-10-13-26-29(20-23)44-30-21-24(36(8-3)9-4)11-14-27(30)32(26)28-15-12-25(22-31(28)49(41,42)43)48(39,40)34-17-19-46-45-18-16-33-47(5,37)38;1-6-29(7-2)20-11-14-22-25(17-20)34-26-18-21(30(8-3)9-4)12-15-23(26)28(22)24-13-10-19(5)16-27(24)35(31,32)33/h10-15,20-22,33-34H,6-9,16-19H2,1-5H3;10-18H,6-9H2,1-5H3. The molecule has 2 aliphatic heterocycles. The molecule has 0 aromatic heterocycles. The summed E-state index contributed by atoms with van der Waals surface area (Å²) in [4.78, 5) is 3.14. The molecular formula is C60H74N6O12S6. The van der Waals surface area contributed by atoms with E-state index in [4.69, 9.17) is 8.83 Å². The normalized spacial score (nSPS) is 12.2. The summed E-state index contributed by atoms with van der Waals surface area (Å²) >= 11 is 0. The molecule has 0 spiro atoms. The van der Waals surface area contributed by atoms with Crippen LogP contribution in [0.2, 0.25) is 0 Å². The maximum Gasteiger partial charge on any atom is 0.240 e. The Labute approximate surface area is 502 Å². The summed E-state index contributed by atoms with van der Waals surface area (Å²) in [5.74, 6) is 1.98. The first-order valence-electron chi connectivity index (χ1n) is 27.9. The van der Waals surface area contributed by atoms with E-state index in [1.165, 1.54) is 39.8 Å². The lowest BCUT2D eigenvalue weighted by molar-refractivity contribution is 0.461. The van der Waals surface area contributed by atoms with Crippen LogP contribution in [-0.2, 0) is 40.3 Å². The van der Waals surface area contributed by atoms with E-state index < -0.39 is 45.2 Å². The summed E-state index contributed by atoms with van der Waals surface area (Å²) in [6.07, 6.45) is 1.07. The van der Waals surface area contributed by atoms with Gasteiger partial charge in [-0.3, -0.25) is 0 Å². The van der Waals surface area contributed by atoms with Crippen LogP contribution in [0.3, 0.4) is 0 Å². The summed E-state index contributed by atoms with van der Waals surface area (Å²) in [5, 5.41) is 3.27. The van der Waals surface area contributed by atoms with E-state index in [1.807, 2.05) is 107 Å². The number of nitrogens with zero attached hydrogens (tertiary/aromatic N) is 4. The van der Waals surface area contributed by atoms with Crippen LogP contribution in [0.25, 0.3) is 66.8 Å². The Morgan fingerprint density at radius 2 is 0.893 bits per heavy atom. The minimum atomic E-state index is -5.15. The number of rotatable bonds is 24. The molecular weight excluding hydrogens is 1190 g/mol. The number of benzene rings is 6. The first-order valence-corrected chi connectivity index (χ1v) is 36.6. The SMILES string of the molecule is CCN(CC)c1ccc2c(-c3ccc(C)cc3S(=O)(=O)[O-])c3ccc(=[N+](CC)CC)cc-3oc2c1.CCN(CC)c1ccc2c(-c3ccc(S(=O)(=O)NCCSSCCNS(C)(=O)=O)cc3S(=O)(=O)[O-])c3ccc(=[N+](CC)CC)cc-3oc2c1. The van der Waals surface area contributed by atoms with Crippen molar-refractivity contribution in [1.29, 1.82) is 0 Å². The zero-order chi connectivity index (χ0) is 61.3. The zero-order valence-electron chi connectivity index (χ0n) is 49.0. The number of nitrogens with one attached hydrogen (secondary N) is 2. The van der Waals surface area contributed by atoms with Crippen molar-refractivity contribution in [1.82, 2.24) is 18.6 Å². The van der Waals surface area contributed by atoms with Gasteiger partial charge in [-0.25, -0.2) is 52.3 Å². The predicted octanol–water partition coefficient (Wildman–Crippen LogP) is 9.05. The Hall–Kier alpha value is -5.80. The van der Waals surface area contributed by atoms with Crippen molar-refractivity contribution >= 4 is 95.2 Å². The van der Waals surface area contributed by atoms with E-state index in [1.54, 1.807) is 13.0 Å². The number of hydrogen-bond donors (Lipinski definition) is 2. The van der Waals surface area contributed by atoms with E-state index in [-0.39, 0.29) is 28.4 Å². The largest absolute Gasteiger partial charge is 0.744 e. The maximum atomic E-state index is 13.2. The first kappa shape index (κ1) is 65.7. The third-order valence-corrected chi connectivity index (χ3v) is 20.8. The highest BCUT2D eigenvalue weighted by molar-refractivity contribution is 8.76. The van der Waals surface area contributed by atoms with Gasteiger partial charge in [0.05, 0.1) is 33.1 Å². The molecule has 2 heterocycles. The Morgan fingerprint density at radius 3 is 1.30 bits per heavy atom. The molecule has 2 N–H and O–H groups in total. The smallest absolute Gasteiger partial charge is 0.240 e. The van der Waals surface area contributed by atoms with Crippen LogP contribution in [0.4, 0.5) is 11.4 Å². The van der Waals surface area contributed by atoms with E-state index >= 15 is 0 Å². The van der Waals surface area contributed by atoms with E-state index in [0.29, 0.717) is 67.4 Å². The van der Waals surface area contributed by atoms with E-state index in [9.17, 15) is 42.8 Å². The molecule has 4 aromatic carbocycles. The van der Waals surface area contributed by atoms with Crippen LogP contribution in [0.5, 0.6) is 0 Å². The monoisotopic (exact) mass is 1260 g/mol. The highest BCUT2D eigenvalue weighted by atomic mass is 33.1. The molecule has 452 valence electrons. The van der Waals surface area contributed by atoms with Crippen molar-refractivity contribution in [2.45, 2.75) is 77.0 Å². The topological polar surface area (TPSA) is 246 Å². The van der Waals surface area contributed by atoms with Crippen molar-refractivity contribution in [3.63, 3.8) is 0 Å². The van der Waals surface area contributed by atoms with Crippen LogP contribution in [0.15, 0.2) is 133 Å². The van der Waals surface area contributed by atoms with Crippen LogP contribution in [-0.4, -0.2) is 126 Å². The molecule has 0 amide bonds. The van der Waals surface area contributed by atoms with Crippen molar-refractivity contribution in [2.24, 2.45) is 0 Å². The maximum absolute atomic E-state index is 13.2. The molecule has 8 rings (SSSR count). The molecule has 0 radical (unpaired) electrons. The number of anilines is 2. The quantitative estimate of drug-likeness (QED) is 0.0188. The number of aryl methyl sites for hydroxylation is 1. The van der Waals surface area contributed by atoms with Gasteiger partial charge in [0.25, 0.3) is 0 Å². The lowest BCUT2D eigenvalue weighted by atomic mass is 9.93. The second-order valence-electron chi connectivity index (χ2n) is 19.6. The Bertz CT molecular complexity index is 4220. The van der Waals surface area contributed by atoms with Gasteiger partial charge in [0.1, 0.15) is 69.1 Å². The fraction of sp³-hybridized carbons (Fsp3) is 0.367. The number of hydrogen-bond acceptors (Lipinski definition) is 16. The number of sulfonamides is 2. The lowest BCUT2D eigenvalue weighted by Gasteiger charge is -2.23. The average molecular weight is 1260 g/mol. The van der Waals surface area contributed by atoms with Crippen LogP contribution in [0, 0.1) is 6.92 Å². The molecule has 0 unspecified atom stereocenters. The molecule has 24 heteroatoms. The molecule has 0 fully saturated rings. The van der Waals surface area contributed by atoms with Crippen molar-refractivity contribution < 1.29 is 51.6 Å². The third-order valence-electron chi connectivity index (χ3n) is 14.5. The van der Waals surface area contributed by atoms with Crippen molar-refractivity contribution in [3.05, 3.63) is 125 Å². The van der Waals surface area contributed by atoms with E-state index in [0.717, 1.165) is 97.7 Å². The number of fused-ring (bicyclic) bond motifs is 4. The van der Waals surface area contributed by atoms with Crippen LogP contribution in [0.1, 0.15) is 61.0 Å². The summed E-state index contributed by atoms with van der Waals surface area (Å²) in [5.41, 5.74) is 6.70. The van der Waals surface area contributed by atoms with E-state index in [2.05, 4.69) is 56.1 Å². The Morgan fingerprint density at radius 1 is 0.488 bits per heavy atom. The highest BCUT2D eigenvalue weighted by Crippen LogP contribution is 2.45. The van der Waals surface area contributed by atoms with Gasteiger partial charge in [-0.2, -0.15) is 0 Å². The summed E-state index contributed by atoms with van der Waals surface area (Å²) < 4.78 is 146. The Balaban J connectivity index is 0.000000254. The highest BCUT2D eigenvalue weighted by Gasteiger charge is 2.27. The average Bonchev–Trinajstić information content (AvgIpc) is 3.01. The molecule has 2 aliphatic carbocycles. The van der Waals surface area contributed by atoms with Gasteiger partial charge in [-0.05, 0) is 122 Å². The summed E-state index contributed by atoms with van der Waals surface area (Å²) in [7, 11) is -14.6. The van der Waals surface area contributed by atoms with Gasteiger partial charge >= 0.3 is 0 Å². The summed E-state index contributed by atoms with van der Waals surface area (Å²) in [6.45, 7) is 25.1. The van der Waals surface area contributed by atoms with Crippen LogP contribution >= 0.6 is 21.6 Å². The first-order chi connectivity index (χ1) is 39.8.